The standard InChI is InChI=1S/C21H25N3O4/c1-28-16-12-10-15(11-13-16)20-22-18-8-5-4-7-17(18)21(26)24(20)14-6-2-3-9-19(25)23-27/h4-5,7-8,10-13,20,22,27H,2-3,6,9,14H2,1H3,(H,23,25). The van der Waals surface area contributed by atoms with E-state index in [9.17, 15) is 9.59 Å². The zero-order valence-corrected chi connectivity index (χ0v) is 15.9. The van der Waals surface area contributed by atoms with Gasteiger partial charge in [0.05, 0.1) is 12.7 Å². The van der Waals surface area contributed by atoms with Gasteiger partial charge in [-0.05, 0) is 42.7 Å². The van der Waals surface area contributed by atoms with E-state index >= 15 is 0 Å². The van der Waals surface area contributed by atoms with E-state index in [1.54, 1.807) is 12.6 Å². The van der Waals surface area contributed by atoms with Crippen molar-refractivity contribution in [2.24, 2.45) is 0 Å². The molecule has 0 saturated carbocycles. The summed E-state index contributed by atoms with van der Waals surface area (Å²) in [6, 6.07) is 15.2. The van der Waals surface area contributed by atoms with Gasteiger partial charge < -0.3 is 15.0 Å². The number of ether oxygens (including phenoxy) is 1. The maximum Gasteiger partial charge on any atom is 0.257 e. The van der Waals surface area contributed by atoms with E-state index in [4.69, 9.17) is 9.94 Å². The number of amides is 2. The molecule has 1 unspecified atom stereocenters. The van der Waals surface area contributed by atoms with E-state index in [-0.39, 0.29) is 24.4 Å². The van der Waals surface area contributed by atoms with Crippen molar-refractivity contribution in [1.29, 1.82) is 0 Å². The largest absolute Gasteiger partial charge is 0.497 e. The molecule has 1 atom stereocenters. The molecule has 0 radical (unpaired) electrons. The molecule has 1 aliphatic heterocycles. The molecule has 0 aliphatic carbocycles. The number of fused-ring (bicyclic) bond motifs is 1. The lowest BCUT2D eigenvalue weighted by atomic mass is 10.0. The molecule has 2 amide bonds. The highest BCUT2D eigenvalue weighted by Gasteiger charge is 2.32. The van der Waals surface area contributed by atoms with Crippen LogP contribution in [0.15, 0.2) is 48.5 Å². The van der Waals surface area contributed by atoms with Crippen LogP contribution in [0, 0.1) is 0 Å². The first-order valence-corrected chi connectivity index (χ1v) is 9.37. The van der Waals surface area contributed by atoms with E-state index in [0.717, 1.165) is 29.8 Å². The molecule has 7 nitrogen and oxygen atoms in total. The molecular formula is C21H25N3O4. The normalized spacial score (nSPS) is 15.6. The smallest absolute Gasteiger partial charge is 0.257 e. The van der Waals surface area contributed by atoms with Gasteiger partial charge in [-0.15, -0.1) is 0 Å². The van der Waals surface area contributed by atoms with Crippen molar-refractivity contribution in [2.75, 3.05) is 19.0 Å². The van der Waals surface area contributed by atoms with Crippen molar-refractivity contribution >= 4 is 17.5 Å². The molecule has 2 aromatic carbocycles. The minimum Gasteiger partial charge on any atom is -0.497 e. The number of benzene rings is 2. The van der Waals surface area contributed by atoms with Gasteiger partial charge in [-0.1, -0.05) is 30.7 Å². The lowest BCUT2D eigenvalue weighted by Gasteiger charge is -2.38. The van der Waals surface area contributed by atoms with Gasteiger partial charge in [-0.2, -0.15) is 0 Å². The van der Waals surface area contributed by atoms with Gasteiger partial charge in [0.1, 0.15) is 11.9 Å². The molecule has 0 bridgehead atoms. The van der Waals surface area contributed by atoms with Crippen molar-refractivity contribution in [2.45, 2.75) is 31.8 Å². The van der Waals surface area contributed by atoms with E-state index in [2.05, 4.69) is 5.32 Å². The van der Waals surface area contributed by atoms with Crippen LogP contribution in [0.1, 0.15) is 47.8 Å². The zero-order chi connectivity index (χ0) is 19.9. The Labute approximate surface area is 164 Å². The third-order valence-electron chi connectivity index (χ3n) is 4.88. The van der Waals surface area contributed by atoms with Gasteiger partial charge in [0.25, 0.3) is 5.91 Å². The number of nitrogens with one attached hydrogen (secondary N) is 2. The van der Waals surface area contributed by atoms with Crippen LogP contribution in [0.3, 0.4) is 0 Å². The molecule has 0 fully saturated rings. The summed E-state index contributed by atoms with van der Waals surface area (Å²) in [6.45, 7) is 0.567. The summed E-state index contributed by atoms with van der Waals surface area (Å²) >= 11 is 0. The molecule has 28 heavy (non-hydrogen) atoms. The summed E-state index contributed by atoms with van der Waals surface area (Å²) in [5.74, 6) is 0.365. The Kier molecular flexibility index (Phi) is 6.49. The highest BCUT2D eigenvalue weighted by Crippen LogP contribution is 2.33. The Bertz CT molecular complexity index is 823. The molecule has 0 spiro atoms. The Balaban J connectivity index is 1.74. The number of nitrogens with zero attached hydrogens (tertiary/aromatic N) is 1. The number of hydrogen-bond acceptors (Lipinski definition) is 5. The number of methoxy groups -OCH3 is 1. The van der Waals surface area contributed by atoms with E-state index in [0.29, 0.717) is 18.5 Å². The van der Waals surface area contributed by atoms with Crippen LogP contribution in [0.2, 0.25) is 0 Å². The first kappa shape index (κ1) is 19.7. The molecule has 1 heterocycles. The quantitative estimate of drug-likeness (QED) is 0.370. The Hall–Kier alpha value is -3.06. The number of hydrogen-bond donors (Lipinski definition) is 3. The van der Waals surface area contributed by atoms with Crippen LogP contribution < -0.4 is 15.5 Å². The summed E-state index contributed by atoms with van der Waals surface area (Å²) in [4.78, 5) is 26.0. The summed E-state index contributed by atoms with van der Waals surface area (Å²) < 4.78 is 5.23. The summed E-state index contributed by atoms with van der Waals surface area (Å²) in [5.41, 5.74) is 4.10. The van der Waals surface area contributed by atoms with Crippen molar-refractivity contribution < 1.29 is 19.5 Å². The van der Waals surface area contributed by atoms with Crippen LogP contribution >= 0.6 is 0 Å². The lowest BCUT2D eigenvalue weighted by Crippen LogP contribution is -2.43. The number of carbonyl (C=O) groups is 2. The molecule has 2 aromatic rings. The van der Waals surface area contributed by atoms with Gasteiger partial charge >= 0.3 is 0 Å². The number of unbranched alkanes of at least 4 members (excludes halogenated alkanes) is 2. The monoisotopic (exact) mass is 383 g/mol. The van der Waals surface area contributed by atoms with E-state index in [1.165, 1.54) is 0 Å². The minimum absolute atomic E-state index is 0.0109. The Morgan fingerprint density at radius 2 is 1.89 bits per heavy atom. The van der Waals surface area contributed by atoms with Crippen LogP contribution in [-0.2, 0) is 4.79 Å². The maximum atomic E-state index is 13.1. The Morgan fingerprint density at radius 1 is 1.14 bits per heavy atom. The third-order valence-corrected chi connectivity index (χ3v) is 4.88. The summed E-state index contributed by atoms with van der Waals surface area (Å²) in [7, 11) is 1.62. The van der Waals surface area contributed by atoms with Crippen molar-refractivity contribution in [3.8, 4) is 5.75 Å². The van der Waals surface area contributed by atoms with Crippen molar-refractivity contribution in [3.63, 3.8) is 0 Å². The van der Waals surface area contributed by atoms with E-state index < -0.39 is 0 Å². The first-order chi connectivity index (χ1) is 13.6. The predicted octanol–water partition coefficient (Wildman–Crippen LogP) is 3.33. The maximum absolute atomic E-state index is 13.1. The average Bonchev–Trinajstić information content (AvgIpc) is 2.74. The fourth-order valence-electron chi connectivity index (χ4n) is 3.37. The molecular weight excluding hydrogens is 358 g/mol. The van der Waals surface area contributed by atoms with E-state index in [1.807, 2.05) is 53.4 Å². The van der Waals surface area contributed by atoms with Gasteiger partial charge in [-0.3, -0.25) is 14.8 Å². The SMILES string of the molecule is COc1ccc(C2Nc3ccccc3C(=O)N2CCCCCC(=O)NO)cc1. The third kappa shape index (κ3) is 4.43. The van der Waals surface area contributed by atoms with Crippen LogP contribution in [0.4, 0.5) is 5.69 Å². The van der Waals surface area contributed by atoms with Crippen molar-refractivity contribution in [1.82, 2.24) is 10.4 Å². The summed E-state index contributed by atoms with van der Waals surface area (Å²) in [5, 5.41) is 12.0. The van der Waals surface area contributed by atoms with Crippen LogP contribution in [0.25, 0.3) is 0 Å². The van der Waals surface area contributed by atoms with Crippen molar-refractivity contribution in [3.05, 3.63) is 59.7 Å². The second-order valence-corrected chi connectivity index (χ2v) is 6.71. The average molecular weight is 383 g/mol. The zero-order valence-electron chi connectivity index (χ0n) is 15.9. The summed E-state index contributed by atoms with van der Waals surface area (Å²) in [6.07, 6.45) is 2.21. The number of hydroxylamine groups is 1. The van der Waals surface area contributed by atoms with Crippen LogP contribution in [0.5, 0.6) is 5.75 Å². The van der Waals surface area contributed by atoms with Gasteiger partial charge in [-0.25, -0.2) is 5.48 Å². The van der Waals surface area contributed by atoms with Gasteiger partial charge in [0.2, 0.25) is 5.91 Å². The van der Waals surface area contributed by atoms with Gasteiger partial charge in [0.15, 0.2) is 0 Å². The molecule has 7 heteroatoms. The predicted molar refractivity (Wildman–Crippen MR) is 105 cm³/mol. The first-order valence-electron chi connectivity index (χ1n) is 9.37. The number of para-hydroxylation sites is 1. The molecule has 3 rings (SSSR count). The second kappa shape index (κ2) is 9.23. The van der Waals surface area contributed by atoms with Gasteiger partial charge in [0, 0.05) is 18.7 Å². The highest BCUT2D eigenvalue weighted by molar-refractivity contribution is 6.01. The highest BCUT2D eigenvalue weighted by atomic mass is 16.5. The number of anilines is 1. The number of rotatable bonds is 8. The molecule has 148 valence electrons. The molecule has 1 aliphatic rings. The molecule has 0 aromatic heterocycles. The fourth-order valence-corrected chi connectivity index (χ4v) is 3.37. The van der Waals surface area contributed by atoms with Crippen LogP contribution in [-0.4, -0.2) is 35.6 Å². The minimum atomic E-state index is -0.388. The number of carbonyl (C=O) groups excluding carboxylic acids is 2. The fraction of sp³-hybridized carbons (Fsp3) is 0.333. The lowest BCUT2D eigenvalue weighted by molar-refractivity contribution is -0.129. The topological polar surface area (TPSA) is 90.9 Å². The molecule has 3 N–H and O–H groups in total. The Morgan fingerprint density at radius 3 is 2.61 bits per heavy atom. The molecule has 0 saturated heterocycles. The second-order valence-electron chi connectivity index (χ2n) is 6.71.